The fourth-order valence-corrected chi connectivity index (χ4v) is 9.36. The van der Waals surface area contributed by atoms with Gasteiger partial charge in [-0.3, -0.25) is 4.98 Å². The summed E-state index contributed by atoms with van der Waals surface area (Å²) >= 11 is 0. The molecule has 3 aromatic heterocycles. The maximum atomic E-state index is 8.44. The first-order chi connectivity index (χ1) is 29.0. The average Bonchev–Trinajstić information content (AvgIpc) is 3.78. The second-order valence-electron chi connectivity index (χ2n) is 18.3. The van der Waals surface area contributed by atoms with Gasteiger partial charge in [0.2, 0.25) is 0 Å². The molecular formula is C53H59IrN3OSi-2. The minimum atomic E-state index is -2.32. The monoisotopic (exact) mass is 978 g/mol. The Hall–Kier alpha value is -4.61. The normalized spacial score (nSPS) is 13.5. The molecule has 0 spiro atoms. The van der Waals surface area contributed by atoms with Crippen molar-refractivity contribution < 1.29 is 30.0 Å². The van der Waals surface area contributed by atoms with E-state index in [2.05, 4.69) is 114 Å². The maximum absolute atomic E-state index is 8.44. The van der Waals surface area contributed by atoms with Crippen LogP contribution in [0.5, 0.6) is 0 Å². The molecule has 307 valence electrons. The zero-order chi connectivity index (χ0) is 45.1. The van der Waals surface area contributed by atoms with Gasteiger partial charge in [0.1, 0.15) is 5.58 Å². The van der Waals surface area contributed by atoms with Crippen molar-refractivity contribution in [2.45, 2.75) is 112 Å². The molecular weight excluding hydrogens is 915 g/mol. The topological polar surface area (TPSA) is 43.9 Å². The summed E-state index contributed by atoms with van der Waals surface area (Å²) in [5.41, 5.74) is 11.7. The number of aromatic nitrogens is 3. The van der Waals surface area contributed by atoms with Crippen molar-refractivity contribution in [3.63, 3.8) is 0 Å². The summed E-state index contributed by atoms with van der Waals surface area (Å²) in [5.74, 6) is 0.579. The van der Waals surface area contributed by atoms with E-state index < -0.39 is 20.8 Å². The summed E-state index contributed by atoms with van der Waals surface area (Å²) in [5, 5.41) is 2.64. The number of rotatable bonds is 7. The molecule has 0 aliphatic heterocycles. The van der Waals surface area contributed by atoms with Crippen LogP contribution in [0.15, 0.2) is 108 Å². The Morgan fingerprint density at radius 2 is 1.47 bits per heavy atom. The van der Waals surface area contributed by atoms with Crippen molar-refractivity contribution in [3.8, 4) is 28.3 Å². The van der Waals surface area contributed by atoms with Crippen LogP contribution in [0.2, 0.25) is 19.6 Å². The Labute approximate surface area is 372 Å². The van der Waals surface area contributed by atoms with E-state index in [1.54, 1.807) is 6.07 Å². The Balaban J connectivity index is 0.000000265. The van der Waals surface area contributed by atoms with Gasteiger partial charge < -0.3 is 14.0 Å². The number of para-hydroxylation sites is 3. The first kappa shape index (κ1) is 38.6. The molecule has 0 amide bonds. The van der Waals surface area contributed by atoms with Crippen molar-refractivity contribution in [2.24, 2.45) is 0 Å². The fraction of sp³-hybridized carbons (Fsp3) is 0.321. The second kappa shape index (κ2) is 17.2. The van der Waals surface area contributed by atoms with E-state index in [0.29, 0.717) is 27.9 Å². The van der Waals surface area contributed by atoms with Gasteiger partial charge in [0, 0.05) is 42.9 Å². The minimum Gasteiger partial charge on any atom is -0.501 e. The standard InChI is InChI=1S/C36H37N2O.C17H22NSi.Ir/c1-21(2)27-19-24(36(6,7)8)20-28(22(3)4)33(27)38-30-15-11-10-14-29(30)37-35(38)26-18-17-23(5)32-25-13-9-12-16-31(25)39-34(26)32;1-13(2)15-11-16(14-9-7-6-8-10-14)18-12-17(15)19(3,4)5;/h9-17,19-22H,1-8H3;6-9,11-13H,1-5H3;/q2*-1;/i5D3;13D;. The van der Waals surface area contributed by atoms with Gasteiger partial charge in [0.15, 0.2) is 0 Å². The number of fused-ring (bicyclic) bond motifs is 4. The zero-order valence-electron chi connectivity index (χ0n) is 40.6. The first-order valence-corrected chi connectivity index (χ1v) is 24.0. The van der Waals surface area contributed by atoms with Gasteiger partial charge in [0.05, 0.1) is 30.5 Å². The SMILES string of the molecule is [2H]C(C)(C)c1cc(-c2[c-]cccc2)ncc1[Si](C)(C)C.[2H]C([2H])([2H])c1c[c-]c(-c2nc3ccccc3n2-c2c(C(C)C)cc(C(C)(C)C)cc2C(C)C)c2oc3ccccc3c12.[Ir]. The van der Waals surface area contributed by atoms with Crippen LogP contribution < -0.4 is 5.19 Å². The third-order valence-corrected chi connectivity index (χ3v) is 13.0. The molecule has 0 N–H and O–H groups in total. The van der Waals surface area contributed by atoms with Gasteiger partial charge in [-0.05, 0) is 68.9 Å². The van der Waals surface area contributed by atoms with E-state index in [1.165, 1.54) is 21.9 Å². The molecule has 1 radical (unpaired) electrons. The van der Waals surface area contributed by atoms with Crippen LogP contribution in [-0.4, -0.2) is 22.6 Å². The first-order valence-electron chi connectivity index (χ1n) is 22.5. The number of pyridine rings is 1. The van der Waals surface area contributed by atoms with E-state index in [-0.39, 0.29) is 42.9 Å². The van der Waals surface area contributed by atoms with Crippen molar-refractivity contribution in [1.29, 1.82) is 0 Å². The molecule has 3 heterocycles. The molecule has 0 aliphatic carbocycles. The number of benzene rings is 5. The van der Waals surface area contributed by atoms with Crippen molar-refractivity contribution >= 4 is 46.2 Å². The van der Waals surface area contributed by atoms with Crippen LogP contribution in [-0.2, 0) is 25.5 Å². The minimum absolute atomic E-state index is 0. The van der Waals surface area contributed by atoms with Gasteiger partial charge in [-0.2, -0.15) is 0 Å². The number of imidazole rings is 1. The van der Waals surface area contributed by atoms with E-state index >= 15 is 0 Å². The number of hydrogen-bond acceptors (Lipinski definition) is 3. The molecule has 0 saturated carbocycles. The van der Waals surface area contributed by atoms with Crippen LogP contribution in [0, 0.1) is 19.0 Å². The van der Waals surface area contributed by atoms with Crippen LogP contribution in [0.3, 0.4) is 0 Å². The number of furan rings is 1. The molecule has 0 fully saturated rings. The summed E-state index contributed by atoms with van der Waals surface area (Å²) in [6.07, 6.45) is 1.98. The molecule has 8 rings (SSSR count). The van der Waals surface area contributed by atoms with E-state index in [1.807, 2.05) is 86.8 Å². The number of aryl methyl sites for hydroxylation is 1. The molecule has 5 aromatic carbocycles. The molecule has 4 nitrogen and oxygen atoms in total. The molecule has 0 bridgehead atoms. The van der Waals surface area contributed by atoms with Crippen LogP contribution in [0.1, 0.15) is 113 Å². The molecule has 6 heteroatoms. The van der Waals surface area contributed by atoms with Gasteiger partial charge in [-0.1, -0.05) is 154 Å². The second-order valence-corrected chi connectivity index (χ2v) is 23.4. The van der Waals surface area contributed by atoms with Crippen molar-refractivity contribution in [3.05, 3.63) is 143 Å². The van der Waals surface area contributed by atoms with Crippen molar-refractivity contribution in [2.75, 3.05) is 0 Å². The maximum Gasteiger partial charge on any atom is 0.120 e. The third kappa shape index (κ3) is 8.69. The Morgan fingerprint density at radius 1 is 0.814 bits per heavy atom. The smallest absolute Gasteiger partial charge is 0.120 e. The summed E-state index contributed by atoms with van der Waals surface area (Å²) < 4.78 is 42.0. The molecule has 0 atom stereocenters. The predicted molar refractivity (Wildman–Crippen MR) is 250 cm³/mol. The molecule has 0 saturated heterocycles. The molecule has 59 heavy (non-hydrogen) atoms. The Morgan fingerprint density at radius 3 is 2.08 bits per heavy atom. The average molecular weight is 978 g/mol. The summed E-state index contributed by atoms with van der Waals surface area (Å²) in [4.78, 5) is 9.78. The quantitative estimate of drug-likeness (QED) is 0.118. The van der Waals surface area contributed by atoms with E-state index in [0.717, 1.165) is 38.9 Å². The molecule has 0 aliphatic rings. The van der Waals surface area contributed by atoms with Gasteiger partial charge in [-0.25, -0.2) is 0 Å². The Kier molecular flexibility index (Phi) is 11.2. The zero-order valence-corrected chi connectivity index (χ0v) is 39.9. The fourth-order valence-electron chi connectivity index (χ4n) is 7.78. The van der Waals surface area contributed by atoms with Gasteiger partial charge in [0.25, 0.3) is 0 Å². The summed E-state index contributed by atoms with van der Waals surface area (Å²) in [7, 11) is -1.50. The van der Waals surface area contributed by atoms with Crippen molar-refractivity contribution in [1.82, 2.24) is 14.5 Å². The van der Waals surface area contributed by atoms with E-state index in [9.17, 15) is 0 Å². The summed E-state index contributed by atoms with van der Waals surface area (Å²) in [6, 6.07) is 38.5. The molecule has 8 aromatic rings. The number of nitrogens with zero attached hydrogens (tertiary/aromatic N) is 3. The van der Waals surface area contributed by atoms with Crippen LogP contribution >= 0.6 is 0 Å². The van der Waals surface area contributed by atoms with Gasteiger partial charge >= 0.3 is 0 Å². The third-order valence-electron chi connectivity index (χ3n) is 11.0. The predicted octanol–water partition coefficient (Wildman–Crippen LogP) is 14.5. The molecule has 0 unspecified atom stereocenters. The van der Waals surface area contributed by atoms with Crippen LogP contribution in [0.25, 0.3) is 61.3 Å². The number of hydrogen-bond donors (Lipinski definition) is 0. The Bertz CT molecular complexity index is 2880. The summed E-state index contributed by atoms with van der Waals surface area (Å²) in [6.45, 7) is 24.2. The van der Waals surface area contributed by atoms with Crippen LogP contribution in [0.4, 0.5) is 0 Å². The van der Waals surface area contributed by atoms with E-state index in [4.69, 9.17) is 14.9 Å². The van der Waals surface area contributed by atoms with Gasteiger partial charge in [-0.15, -0.1) is 53.6 Å². The largest absolute Gasteiger partial charge is 0.501 e.